The van der Waals surface area contributed by atoms with E-state index in [0.717, 1.165) is 43.6 Å². The second kappa shape index (κ2) is 11.0. The van der Waals surface area contributed by atoms with E-state index in [0.29, 0.717) is 31.7 Å². The Bertz CT molecular complexity index is 1120. The van der Waals surface area contributed by atoms with E-state index in [4.69, 9.17) is 4.74 Å². The number of carbonyl (C=O) groups excluding carboxylic acids is 3. The van der Waals surface area contributed by atoms with Crippen molar-refractivity contribution >= 4 is 29.5 Å². The number of amides is 3. The third-order valence-corrected chi connectivity index (χ3v) is 7.36. The molecule has 188 valence electrons. The Kier molecular flexibility index (Phi) is 7.35. The van der Waals surface area contributed by atoms with Crippen LogP contribution in [0.3, 0.4) is 0 Å². The van der Waals surface area contributed by atoms with Crippen molar-refractivity contribution in [2.45, 2.75) is 38.2 Å². The maximum atomic E-state index is 13.7. The lowest BCUT2D eigenvalue weighted by molar-refractivity contribution is -0.140. The highest BCUT2D eigenvalue weighted by Crippen LogP contribution is 2.36. The smallest absolute Gasteiger partial charge is 0.265 e. The minimum absolute atomic E-state index is 0.00845. The summed E-state index contributed by atoms with van der Waals surface area (Å²) >= 11 is 0. The highest BCUT2D eigenvalue weighted by Gasteiger charge is 2.39. The number of hydrogen-bond acceptors (Lipinski definition) is 4. The highest BCUT2D eigenvalue weighted by molar-refractivity contribution is 5.99. The van der Waals surface area contributed by atoms with Gasteiger partial charge in [0.25, 0.3) is 5.91 Å². The summed E-state index contributed by atoms with van der Waals surface area (Å²) in [6.07, 6.45) is 7.11. The van der Waals surface area contributed by atoms with Crippen molar-refractivity contribution in [3.63, 3.8) is 0 Å². The molecule has 1 atom stereocenters. The van der Waals surface area contributed by atoms with Crippen LogP contribution in [0, 0.1) is 5.92 Å². The van der Waals surface area contributed by atoms with Gasteiger partial charge in [0.2, 0.25) is 11.8 Å². The minimum atomic E-state index is -0.688. The van der Waals surface area contributed by atoms with Crippen molar-refractivity contribution in [3.8, 4) is 5.75 Å². The fraction of sp³-hybridized carbons (Fsp3) is 0.414. The molecule has 2 aromatic rings. The Balaban J connectivity index is 1.23. The molecule has 1 unspecified atom stereocenters. The van der Waals surface area contributed by atoms with Crippen molar-refractivity contribution in [2.75, 3.05) is 37.6 Å². The van der Waals surface area contributed by atoms with Crippen molar-refractivity contribution < 1.29 is 19.1 Å². The van der Waals surface area contributed by atoms with Crippen molar-refractivity contribution in [2.24, 2.45) is 5.92 Å². The zero-order valence-electron chi connectivity index (χ0n) is 20.6. The number of benzene rings is 2. The van der Waals surface area contributed by atoms with Crippen LogP contribution in [0.1, 0.15) is 37.7 Å². The van der Waals surface area contributed by atoms with Crippen LogP contribution in [0.25, 0.3) is 6.08 Å². The number of hydrogen-bond donors (Lipinski definition) is 0. The van der Waals surface area contributed by atoms with Gasteiger partial charge in [-0.3, -0.25) is 14.4 Å². The minimum Gasteiger partial charge on any atom is -0.476 e. The average Bonchev–Trinajstić information content (AvgIpc) is 2.95. The zero-order valence-corrected chi connectivity index (χ0v) is 20.6. The van der Waals surface area contributed by atoms with E-state index in [1.54, 1.807) is 15.9 Å². The number of likely N-dealkylation sites (tertiary alicyclic amines) is 2. The Morgan fingerprint density at radius 1 is 0.778 bits per heavy atom. The van der Waals surface area contributed by atoms with E-state index < -0.39 is 6.10 Å². The highest BCUT2D eigenvalue weighted by atomic mass is 16.5. The van der Waals surface area contributed by atoms with Crippen LogP contribution in [-0.2, 0) is 14.4 Å². The van der Waals surface area contributed by atoms with Crippen LogP contribution < -0.4 is 9.64 Å². The summed E-state index contributed by atoms with van der Waals surface area (Å²) in [4.78, 5) is 45.0. The normalized spacial score (nSPS) is 20.7. The van der Waals surface area contributed by atoms with Gasteiger partial charge in [-0.15, -0.1) is 0 Å². The SMILES string of the molecule is O=C(C=Cc1ccccc1)N1CCC(C(=O)N2CC(C(=O)N3CCCCC3)Oc3ccccc32)CC1. The van der Waals surface area contributed by atoms with Gasteiger partial charge in [0.05, 0.1) is 12.2 Å². The van der Waals surface area contributed by atoms with E-state index >= 15 is 0 Å². The molecule has 0 spiro atoms. The molecule has 3 amide bonds. The van der Waals surface area contributed by atoms with Gasteiger partial charge in [0.1, 0.15) is 5.75 Å². The molecule has 3 heterocycles. The molecule has 0 aliphatic carbocycles. The molecule has 2 aromatic carbocycles. The molecular formula is C29H33N3O4. The van der Waals surface area contributed by atoms with Crippen LogP contribution >= 0.6 is 0 Å². The number of fused-ring (bicyclic) bond motifs is 1. The van der Waals surface area contributed by atoms with E-state index in [9.17, 15) is 14.4 Å². The van der Waals surface area contributed by atoms with Gasteiger partial charge in [0.15, 0.2) is 6.10 Å². The standard InChI is InChI=1S/C29H33N3O4/c33-27(14-13-22-9-3-1-4-10-22)30-19-15-23(16-20-30)28(34)32-21-26(29(35)31-17-7-2-8-18-31)36-25-12-6-5-11-24(25)32/h1,3-6,9-14,23,26H,2,7-8,15-21H2. The van der Waals surface area contributed by atoms with Crippen molar-refractivity contribution in [1.29, 1.82) is 0 Å². The van der Waals surface area contributed by atoms with Crippen molar-refractivity contribution in [3.05, 3.63) is 66.2 Å². The van der Waals surface area contributed by atoms with Gasteiger partial charge < -0.3 is 19.4 Å². The molecular weight excluding hydrogens is 454 g/mol. The predicted molar refractivity (Wildman–Crippen MR) is 138 cm³/mol. The van der Waals surface area contributed by atoms with Crippen LogP contribution in [0.4, 0.5) is 5.69 Å². The van der Waals surface area contributed by atoms with Crippen LogP contribution in [-0.4, -0.2) is 66.3 Å². The molecule has 7 nitrogen and oxygen atoms in total. The Morgan fingerprint density at radius 3 is 2.22 bits per heavy atom. The Morgan fingerprint density at radius 2 is 1.47 bits per heavy atom. The number of carbonyl (C=O) groups is 3. The topological polar surface area (TPSA) is 70.2 Å². The number of rotatable bonds is 4. The lowest BCUT2D eigenvalue weighted by atomic mass is 9.94. The Hall–Kier alpha value is -3.61. The molecule has 5 rings (SSSR count). The van der Waals surface area contributed by atoms with Gasteiger partial charge in [-0.05, 0) is 55.9 Å². The largest absolute Gasteiger partial charge is 0.476 e. The number of nitrogens with zero attached hydrogens (tertiary/aromatic N) is 3. The average molecular weight is 488 g/mol. The van der Waals surface area contributed by atoms with Gasteiger partial charge in [0, 0.05) is 38.2 Å². The fourth-order valence-corrected chi connectivity index (χ4v) is 5.29. The van der Waals surface area contributed by atoms with E-state index in [-0.39, 0.29) is 30.2 Å². The lowest BCUT2D eigenvalue weighted by Gasteiger charge is -2.39. The molecule has 0 radical (unpaired) electrons. The van der Waals surface area contributed by atoms with Gasteiger partial charge in [-0.25, -0.2) is 0 Å². The molecule has 0 aromatic heterocycles. The molecule has 7 heteroatoms. The zero-order chi connectivity index (χ0) is 24.9. The second-order valence-corrected chi connectivity index (χ2v) is 9.75. The van der Waals surface area contributed by atoms with Crippen molar-refractivity contribution in [1.82, 2.24) is 9.80 Å². The molecule has 0 N–H and O–H groups in total. The van der Waals surface area contributed by atoms with Crippen LogP contribution in [0.15, 0.2) is 60.7 Å². The molecule has 3 aliphatic heterocycles. The summed E-state index contributed by atoms with van der Waals surface area (Å²) in [7, 11) is 0. The number of ether oxygens (including phenoxy) is 1. The number of anilines is 1. The van der Waals surface area contributed by atoms with Gasteiger partial charge in [-0.2, -0.15) is 0 Å². The molecule has 3 aliphatic rings. The lowest BCUT2D eigenvalue weighted by Crippen LogP contribution is -2.54. The van der Waals surface area contributed by atoms with E-state index in [2.05, 4.69) is 0 Å². The fourth-order valence-electron chi connectivity index (χ4n) is 5.29. The maximum Gasteiger partial charge on any atom is 0.265 e. The Labute approximate surface area is 212 Å². The number of piperidine rings is 2. The molecule has 2 saturated heterocycles. The van der Waals surface area contributed by atoms with Crippen LogP contribution in [0.5, 0.6) is 5.75 Å². The van der Waals surface area contributed by atoms with Crippen LogP contribution in [0.2, 0.25) is 0 Å². The molecule has 2 fully saturated rings. The maximum absolute atomic E-state index is 13.7. The summed E-state index contributed by atoms with van der Waals surface area (Å²) in [6.45, 7) is 2.80. The molecule has 0 bridgehead atoms. The first kappa shape index (κ1) is 24.1. The van der Waals surface area contributed by atoms with Gasteiger partial charge in [-0.1, -0.05) is 42.5 Å². The quantitative estimate of drug-likeness (QED) is 0.616. The summed E-state index contributed by atoms with van der Waals surface area (Å²) in [5.74, 6) is 0.325. The molecule has 0 saturated carbocycles. The number of para-hydroxylation sites is 2. The first-order valence-corrected chi connectivity index (χ1v) is 13.0. The van der Waals surface area contributed by atoms with Gasteiger partial charge >= 0.3 is 0 Å². The summed E-state index contributed by atoms with van der Waals surface area (Å²) in [5.41, 5.74) is 1.70. The van der Waals surface area contributed by atoms with E-state index in [1.807, 2.05) is 65.6 Å². The summed E-state index contributed by atoms with van der Waals surface area (Å²) in [5, 5.41) is 0. The van der Waals surface area contributed by atoms with E-state index in [1.165, 1.54) is 0 Å². The predicted octanol–water partition coefficient (Wildman–Crippen LogP) is 3.75. The summed E-state index contributed by atoms with van der Waals surface area (Å²) in [6, 6.07) is 17.2. The monoisotopic (exact) mass is 487 g/mol. The molecule has 36 heavy (non-hydrogen) atoms. The third kappa shape index (κ3) is 5.30. The first-order chi connectivity index (χ1) is 17.6. The second-order valence-electron chi connectivity index (χ2n) is 9.75. The summed E-state index contributed by atoms with van der Waals surface area (Å²) < 4.78 is 6.08. The first-order valence-electron chi connectivity index (χ1n) is 13.0. The third-order valence-electron chi connectivity index (χ3n) is 7.36.